The summed E-state index contributed by atoms with van der Waals surface area (Å²) in [6.07, 6.45) is 0. The van der Waals surface area contributed by atoms with E-state index in [-0.39, 0.29) is 0 Å². The molecule has 0 amide bonds. The lowest BCUT2D eigenvalue weighted by Crippen LogP contribution is -1.86. The van der Waals surface area contributed by atoms with Crippen molar-refractivity contribution < 1.29 is 0 Å². The van der Waals surface area contributed by atoms with E-state index in [4.69, 9.17) is 4.98 Å². The van der Waals surface area contributed by atoms with Crippen molar-refractivity contribution in [2.75, 3.05) is 0 Å². The van der Waals surface area contributed by atoms with Crippen LogP contribution in [0.5, 0.6) is 0 Å². The number of aromatic nitrogens is 2. The molecule has 100 valence electrons. The van der Waals surface area contributed by atoms with Crippen molar-refractivity contribution >= 4 is 21.6 Å². The van der Waals surface area contributed by atoms with Crippen molar-refractivity contribution in [3.05, 3.63) is 72.8 Å². The molecule has 2 aromatic carbocycles. The Bertz CT molecular complexity index is 864. The number of rotatable bonds is 2. The molecule has 4 rings (SSSR count). The predicted molar refractivity (Wildman–Crippen MR) is 88.3 cm³/mol. The van der Waals surface area contributed by atoms with Crippen LogP contribution in [-0.4, -0.2) is 9.97 Å². The fourth-order valence-electron chi connectivity index (χ4n) is 2.31. The summed E-state index contributed by atoms with van der Waals surface area (Å²) < 4.78 is 1.19. The number of nitrogens with zero attached hydrogens (tertiary/aromatic N) is 2. The van der Waals surface area contributed by atoms with Gasteiger partial charge < -0.3 is 0 Å². The molecule has 0 unspecified atom stereocenters. The molecule has 4 aromatic rings. The van der Waals surface area contributed by atoms with Crippen LogP contribution in [0.2, 0.25) is 0 Å². The van der Waals surface area contributed by atoms with Gasteiger partial charge in [0.05, 0.1) is 21.6 Å². The lowest BCUT2D eigenvalue weighted by molar-refractivity contribution is 1.30. The van der Waals surface area contributed by atoms with Crippen molar-refractivity contribution in [1.82, 2.24) is 9.97 Å². The minimum absolute atomic E-state index is 0.928. The molecule has 0 aliphatic carbocycles. The monoisotopic (exact) mass is 288 g/mol. The molecule has 0 atom stereocenters. The third kappa shape index (κ3) is 2.32. The number of fused-ring (bicyclic) bond motifs is 1. The highest BCUT2D eigenvalue weighted by Gasteiger charge is 2.08. The highest BCUT2D eigenvalue weighted by Crippen LogP contribution is 2.30. The molecule has 2 aromatic heterocycles. The number of pyridine rings is 1. The predicted octanol–water partition coefficient (Wildman–Crippen LogP) is 5.03. The lowest BCUT2D eigenvalue weighted by atomic mass is 10.1. The fraction of sp³-hybridized carbons (Fsp3) is 0. The van der Waals surface area contributed by atoms with Crippen LogP contribution in [-0.2, 0) is 0 Å². The Balaban J connectivity index is 1.82. The molecule has 2 nitrogen and oxygen atoms in total. The SMILES string of the molecule is c1ccc(-c2cccc(-c3nc4ccccc4s3)n2)cc1. The van der Waals surface area contributed by atoms with Gasteiger partial charge in [-0.1, -0.05) is 48.5 Å². The topological polar surface area (TPSA) is 25.8 Å². The molecule has 0 bridgehead atoms. The lowest BCUT2D eigenvalue weighted by Gasteiger charge is -2.02. The van der Waals surface area contributed by atoms with Gasteiger partial charge in [-0.05, 0) is 24.3 Å². The summed E-state index contributed by atoms with van der Waals surface area (Å²) >= 11 is 1.68. The van der Waals surface area contributed by atoms with Gasteiger partial charge in [0.15, 0.2) is 0 Å². The molecule has 0 saturated heterocycles. The van der Waals surface area contributed by atoms with Crippen LogP contribution in [0.1, 0.15) is 0 Å². The number of para-hydroxylation sites is 1. The van der Waals surface area contributed by atoms with E-state index in [0.29, 0.717) is 0 Å². The number of thiazole rings is 1. The van der Waals surface area contributed by atoms with Crippen molar-refractivity contribution in [2.24, 2.45) is 0 Å². The summed E-state index contributed by atoms with van der Waals surface area (Å²) in [6.45, 7) is 0. The molecular weight excluding hydrogens is 276 g/mol. The average molecular weight is 288 g/mol. The van der Waals surface area contributed by atoms with Crippen LogP contribution < -0.4 is 0 Å². The van der Waals surface area contributed by atoms with Gasteiger partial charge in [0.1, 0.15) is 5.01 Å². The van der Waals surface area contributed by atoms with Crippen molar-refractivity contribution in [3.8, 4) is 22.0 Å². The Kier molecular flexibility index (Phi) is 2.98. The van der Waals surface area contributed by atoms with Gasteiger partial charge in [-0.15, -0.1) is 11.3 Å². The third-order valence-electron chi connectivity index (χ3n) is 3.33. The molecule has 0 spiro atoms. The number of benzene rings is 2. The van der Waals surface area contributed by atoms with Crippen LogP contribution in [0.25, 0.3) is 32.2 Å². The number of hydrogen-bond acceptors (Lipinski definition) is 3. The second-order valence-electron chi connectivity index (χ2n) is 4.76. The summed E-state index contributed by atoms with van der Waals surface area (Å²) in [5.74, 6) is 0. The molecule has 3 heteroatoms. The highest BCUT2D eigenvalue weighted by atomic mass is 32.1. The maximum Gasteiger partial charge on any atom is 0.143 e. The molecule has 0 aliphatic rings. The van der Waals surface area contributed by atoms with Crippen molar-refractivity contribution in [1.29, 1.82) is 0 Å². The summed E-state index contributed by atoms with van der Waals surface area (Å²) in [4.78, 5) is 9.43. The van der Waals surface area contributed by atoms with Gasteiger partial charge in [-0.25, -0.2) is 9.97 Å². The highest BCUT2D eigenvalue weighted by molar-refractivity contribution is 7.21. The van der Waals surface area contributed by atoms with Gasteiger partial charge in [0, 0.05) is 5.56 Å². The molecule has 0 radical (unpaired) electrons. The second kappa shape index (κ2) is 5.11. The summed E-state index contributed by atoms with van der Waals surface area (Å²) in [6, 6.07) is 24.5. The van der Waals surface area contributed by atoms with E-state index in [2.05, 4.69) is 23.2 Å². The average Bonchev–Trinajstić information content (AvgIpc) is 3.00. The molecule has 21 heavy (non-hydrogen) atoms. The Morgan fingerprint density at radius 2 is 1.38 bits per heavy atom. The van der Waals surface area contributed by atoms with Crippen LogP contribution in [0.4, 0.5) is 0 Å². The number of hydrogen-bond donors (Lipinski definition) is 0. The summed E-state index contributed by atoms with van der Waals surface area (Å²) in [5, 5.41) is 0.967. The molecular formula is C18H12N2S. The second-order valence-corrected chi connectivity index (χ2v) is 5.79. The van der Waals surface area contributed by atoms with E-state index in [1.54, 1.807) is 11.3 Å². The zero-order chi connectivity index (χ0) is 14.1. The van der Waals surface area contributed by atoms with E-state index >= 15 is 0 Å². The van der Waals surface area contributed by atoms with E-state index in [1.807, 2.05) is 54.6 Å². The first kappa shape index (κ1) is 12.2. The van der Waals surface area contributed by atoms with E-state index in [1.165, 1.54) is 4.70 Å². The van der Waals surface area contributed by atoms with E-state index < -0.39 is 0 Å². The standard InChI is InChI=1S/C18H12N2S/c1-2-7-13(8-3-1)14-10-6-11-16(19-14)18-20-15-9-4-5-12-17(15)21-18/h1-12H. The van der Waals surface area contributed by atoms with Crippen molar-refractivity contribution in [2.45, 2.75) is 0 Å². The fourth-order valence-corrected chi connectivity index (χ4v) is 3.24. The van der Waals surface area contributed by atoms with Gasteiger partial charge in [-0.2, -0.15) is 0 Å². The maximum absolute atomic E-state index is 4.76. The normalized spacial score (nSPS) is 10.9. The smallest absolute Gasteiger partial charge is 0.143 e. The zero-order valence-corrected chi connectivity index (χ0v) is 12.0. The van der Waals surface area contributed by atoms with E-state index in [9.17, 15) is 0 Å². The van der Waals surface area contributed by atoms with Crippen LogP contribution in [0.3, 0.4) is 0 Å². The van der Waals surface area contributed by atoms with Gasteiger partial charge in [0.2, 0.25) is 0 Å². The first-order chi connectivity index (χ1) is 10.4. The van der Waals surface area contributed by atoms with Gasteiger partial charge >= 0.3 is 0 Å². The minimum atomic E-state index is 0.928. The molecule has 0 N–H and O–H groups in total. The van der Waals surface area contributed by atoms with E-state index in [0.717, 1.165) is 27.5 Å². The van der Waals surface area contributed by atoms with Gasteiger partial charge in [-0.3, -0.25) is 0 Å². The molecule has 2 heterocycles. The van der Waals surface area contributed by atoms with Crippen molar-refractivity contribution in [3.63, 3.8) is 0 Å². The quantitative estimate of drug-likeness (QED) is 0.517. The zero-order valence-electron chi connectivity index (χ0n) is 11.2. The Morgan fingerprint density at radius 1 is 0.619 bits per heavy atom. The summed E-state index contributed by atoms with van der Waals surface area (Å²) in [5.41, 5.74) is 4.06. The largest absolute Gasteiger partial charge is 0.245 e. The molecule has 0 saturated carbocycles. The summed E-state index contributed by atoms with van der Waals surface area (Å²) in [7, 11) is 0. The minimum Gasteiger partial charge on any atom is -0.245 e. The molecule has 0 fully saturated rings. The first-order valence-corrected chi connectivity index (χ1v) is 7.60. The first-order valence-electron chi connectivity index (χ1n) is 6.78. The Morgan fingerprint density at radius 3 is 2.24 bits per heavy atom. The Labute approximate surface area is 126 Å². The van der Waals surface area contributed by atoms with Crippen LogP contribution in [0, 0.1) is 0 Å². The molecule has 0 aliphatic heterocycles. The van der Waals surface area contributed by atoms with Gasteiger partial charge in [0.25, 0.3) is 0 Å². The Hall–Kier alpha value is -2.52. The maximum atomic E-state index is 4.76. The van der Waals surface area contributed by atoms with Crippen LogP contribution in [0.15, 0.2) is 72.8 Å². The van der Waals surface area contributed by atoms with Crippen LogP contribution >= 0.6 is 11.3 Å². The third-order valence-corrected chi connectivity index (χ3v) is 4.39.